The highest BCUT2D eigenvalue weighted by molar-refractivity contribution is 5.92. The highest BCUT2D eigenvalue weighted by Gasteiger charge is 2.38. The minimum absolute atomic E-state index is 0.226. The van der Waals surface area contributed by atoms with E-state index in [1.807, 2.05) is 50.1 Å². The first-order valence-corrected chi connectivity index (χ1v) is 8.15. The number of nitrogens with zero attached hydrogens (tertiary/aromatic N) is 3. The number of hydrogen-bond donors (Lipinski definition) is 0. The van der Waals surface area contributed by atoms with Crippen molar-refractivity contribution >= 4 is 17.2 Å². The van der Waals surface area contributed by atoms with E-state index in [9.17, 15) is 19.7 Å². The van der Waals surface area contributed by atoms with Crippen molar-refractivity contribution in [1.29, 1.82) is 0 Å². The average Bonchev–Trinajstić information content (AvgIpc) is 2.78. The van der Waals surface area contributed by atoms with Crippen LogP contribution in [-0.2, 0) is 16.8 Å². The standard InChI is InChI=1S/C19H19N3O4/c1-19(2)15-6-4-5-7-16(15)20(3)17(19)10-14(23)12-21-11-13(22(25)26)8-9-18(21)24/h4-11H,12H2,1-3H3/b17-10-. The largest absolute Gasteiger partial charge is 0.347 e. The second-order valence-electron chi connectivity index (χ2n) is 6.81. The lowest BCUT2D eigenvalue weighted by atomic mass is 9.83. The second-order valence-corrected chi connectivity index (χ2v) is 6.81. The molecule has 0 N–H and O–H groups in total. The lowest BCUT2D eigenvalue weighted by Crippen LogP contribution is -2.26. The summed E-state index contributed by atoms with van der Waals surface area (Å²) in [6, 6.07) is 10.2. The molecule has 1 aliphatic rings. The van der Waals surface area contributed by atoms with Crippen LogP contribution in [0.3, 0.4) is 0 Å². The predicted molar refractivity (Wildman–Crippen MR) is 98.3 cm³/mol. The lowest BCUT2D eigenvalue weighted by molar-refractivity contribution is -0.385. The van der Waals surface area contributed by atoms with E-state index in [4.69, 9.17) is 0 Å². The fraction of sp³-hybridized carbons (Fsp3) is 0.263. The molecule has 0 spiro atoms. The number of likely N-dealkylation sites (N-methyl/N-ethyl adjacent to an activating group) is 1. The molecule has 7 heteroatoms. The molecule has 0 fully saturated rings. The number of anilines is 1. The molecule has 1 aromatic carbocycles. The van der Waals surface area contributed by atoms with Crippen LogP contribution in [0.1, 0.15) is 19.4 Å². The number of para-hydroxylation sites is 1. The summed E-state index contributed by atoms with van der Waals surface area (Å²) in [7, 11) is 1.90. The molecule has 0 aliphatic carbocycles. The Bertz CT molecular complexity index is 988. The maximum atomic E-state index is 12.6. The number of allylic oxidation sites excluding steroid dienone is 2. The van der Waals surface area contributed by atoms with Crippen molar-refractivity contribution in [2.45, 2.75) is 25.8 Å². The number of aromatic nitrogens is 1. The monoisotopic (exact) mass is 353 g/mol. The topological polar surface area (TPSA) is 85.4 Å². The maximum absolute atomic E-state index is 12.6. The van der Waals surface area contributed by atoms with Gasteiger partial charge in [0.25, 0.3) is 11.2 Å². The molecule has 0 radical (unpaired) electrons. The van der Waals surface area contributed by atoms with Crippen LogP contribution in [0.2, 0.25) is 0 Å². The third-order valence-electron chi connectivity index (χ3n) is 4.74. The van der Waals surface area contributed by atoms with Crippen molar-refractivity contribution in [2.75, 3.05) is 11.9 Å². The number of nitro groups is 1. The van der Waals surface area contributed by atoms with Crippen LogP contribution in [0, 0.1) is 10.1 Å². The molecule has 3 rings (SSSR count). The van der Waals surface area contributed by atoms with Crippen LogP contribution in [0.25, 0.3) is 0 Å². The zero-order chi connectivity index (χ0) is 19.1. The number of benzene rings is 1. The molecule has 2 aromatic rings. The lowest BCUT2D eigenvalue weighted by Gasteiger charge is -2.24. The molecule has 134 valence electrons. The molecule has 0 atom stereocenters. The van der Waals surface area contributed by atoms with Crippen LogP contribution < -0.4 is 10.5 Å². The predicted octanol–water partition coefficient (Wildman–Crippen LogP) is 2.64. The van der Waals surface area contributed by atoms with Crippen molar-refractivity contribution < 1.29 is 9.72 Å². The van der Waals surface area contributed by atoms with Gasteiger partial charge in [-0.2, -0.15) is 0 Å². The Kier molecular flexibility index (Phi) is 4.23. The van der Waals surface area contributed by atoms with Gasteiger partial charge in [-0.15, -0.1) is 0 Å². The Hall–Kier alpha value is -3.22. The van der Waals surface area contributed by atoms with Crippen molar-refractivity contribution in [2.24, 2.45) is 0 Å². The highest BCUT2D eigenvalue weighted by atomic mass is 16.6. The molecule has 0 bridgehead atoms. The van der Waals surface area contributed by atoms with E-state index in [1.165, 1.54) is 6.08 Å². The number of hydrogen-bond acceptors (Lipinski definition) is 5. The fourth-order valence-electron chi connectivity index (χ4n) is 3.38. The summed E-state index contributed by atoms with van der Waals surface area (Å²) >= 11 is 0. The molecule has 0 amide bonds. The van der Waals surface area contributed by atoms with Crippen LogP contribution in [0.5, 0.6) is 0 Å². The first-order chi connectivity index (χ1) is 12.2. The SMILES string of the molecule is CN1/C(=C\C(=O)Cn2cc([N+](=O)[O-])ccc2=O)C(C)(C)c2ccccc21. The molecule has 0 saturated carbocycles. The Morgan fingerprint density at radius 1 is 1.23 bits per heavy atom. The molecule has 7 nitrogen and oxygen atoms in total. The van der Waals surface area contributed by atoms with Gasteiger partial charge in [-0.3, -0.25) is 19.7 Å². The minimum Gasteiger partial charge on any atom is -0.347 e. The third-order valence-corrected chi connectivity index (χ3v) is 4.74. The first kappa shape index (κ1) is 17.6. The van der Waals surface area contributed by atoms with Gasteiger partial charge in [-0.05, 0) is 11.6 Å². The van der Waals surface area contributed by atoms with E-state index in [-0.39, 0.29) is 23.4 Å². The van der Waals surface area contributed by atoms with Gasteiger partial charge < -0.3 is 9.47 Å². The van der Waals surface area contributed by atoms with Crippen LogP contribution in [0.4, 0.5) is 11.4 Å². The molecule has 0 unspecified atom stereocenters. The minimum atomic E-state index is -0.594. The Balaban J connectivity index is 1.92. The summed E-state index contributed by atoms with van der Waals surface area (Å²) in [4.78, 5) is 36.7. The van der Waals surface area contributed by atoms with Crippen LogP contribution >= 0.6 is 0 Å². The van der Waals surface area contributed by atoms with Gasteiger partial charge in [0, 0.05) is 42.1 Å². The molecule has 26 heavy (non-hydrogen) atoms. The summed E-state index contributed by atoms with van der Waals surface area (Å²) in [6.45, 7) is 3.83. The molecule has 0 saturated heterocycles. The summed E-state index contributed by atoms with van der Waals surface area (Å²) in [6.07, 6.45) is 2.61. The number of carbonyl (C=O) groups is 1. The normalized spacial score (nSPS) is 16.6. The third kappa shape index (κ3) is 2.92. The number of pyridine rings is 1. The van der Waals surface area contributed by atoms with Gasteiger partial charge >= 0.3 is 0 Å². The number of fused-ring (bicyclic) bond motifs is 1. The zero-order valence-corrected chi connectivity index (χ0v) is 14.8. The smallest absolute Gasteiger partial charge is 0.285 e. The molecular weight excluding hydrogens is 334 g/mol. The average molecular weight is 353 g/mol. The summed E-state index contributed by atoms with van der Waals surface area (Å²) in [5.74, 6) is -0.296. The summed E-state index contributed by atoms with van der Waals surface area (Å²) in [5, 5.41) is 10.9. The molecular formula is C19H19N3O4. The summed E-state index contributed by atoms with van der Waals surface area (Å²) in [5.41, 5.74) is 1.94. The van der Waals surface area contributed by atoms with Gasteiger partial charge in [0.15, 0.2) is 5.78 Å². The van der Waals surface area contributed by atoms with Crippen molar-refractivity contribution in [3.8, 4) is 0 Å². The number of rotatable bonds is 4. The fourth-order valence-corrected chi connectivity index (χ4v) is 3.38. The number of carbonyl (C=O) groups excluding carboxylic acids is 1. The summed E-state index contributed by atoms with van der Waals surface area (Å²) < 4.78 is 1.06. The number of ketones is 1. The van der Waals surface area contributed by atoms with Crippen LogP contribution in [0.15, 0.2) is 59.2 Å². The van der Waals surface area contributed by atoms with Crippen molar-refractivity contribution in [1.82, 2.24) is 4.57 Å². The van der Waals surface area contributed by atoms with E-state index in [1.54, 1.807) is 0 Å². The van der Waals surface area contributed by atoms with E-state index >= 15 is 0 Å². The van der Waals surface area contributed by atoms with Gasteiger partial charge in [0.1, 0.15) is 0 Å². The van der Waals surface area contributed by atoms with E-state index in [2.05, 4.69) is 0 Å². The van der Waals surface area contributed by atoms with Crippen molar-refractivity contribution in [3.63, 3.8) is 0 Å². The Morgan fingerprint density at radius 3 is 2.58 bits per heavy atom. The van der Waals surface area contributed by atoms with E-state index in [0.29, 0.717) is 0 Å². The van der Waals surface area contributed by atoms with Gasteiger partial charge in [0.2, 0.25) is 0 Å². The van der Waals surface area contributed by atoms with Gasteiger partial charge in [-0.25, -0.2) is 0 Å². The highest BCUT2D eigenvalue weighted by Crippen LogP contribution is 2.46. The quantitative estimate of drug-likeness (QED) is 0.479. The Morgan fingerprint density at radius 2 is 1.92 bits per heavy atom. The van der Waals surface area contributed by atoms with E-state index in [0.717, 1.165) is 39.8 Å². The second kappa shape index (κ2) is 6.25. The maximum Gasteiger partial charge on any atom is 0.285 e. The molecule has 1 aromatic heterocycles. The van der Waals surface area contributed by atoms with E-state index < -0.39 is 10.5 Å². The van der Waals surface area contributed by atoms with Gasteiger partial charge in [0.05, 0.1) is 17.7 Å². The zero-order valence-electron chi connectivity index (χ0n) is 14.8. The molecule has 2 heterocycles. The Labute approximate surface area is 150 Å². The first-order valence-electron chi connectivity index (χ1n) is 8.15. The van der Waals surface area contributed by atoms with Crippen molar-refractivity contribution in [3.05, 3.63) is 80.4 Å². The van der Waals surface area contributed by atoms with Crippen LogP contribution in [-0.4, -0.2) is 22.3 Å². The van der Waals surface area contributed by atoms with Gasteiger partial charge in [-0.1, -0.05) is 32.0 Å². The molecule has 1 aliphatic heterocycles.